The number of benzene rings is 1. The Balaban J connectivity index is 2.15. The number of fused-ring (bicyclic) bond motifs is 1. The maximum Gasteiger partial charge on any atom is 0.175 e. The van der Waals surface area contributed by atoms with Crippen LogP contribution in [0, 0.1) is 0 Å². The van der Waals surface area contributed by atoms with Gasteiger partial charge >= 0.3 is 0 Å². The maximum absolute atomic E-state index is 12.2. The molecule has 1 aliphatic carbocycles. The molecule has 0 saturated carbocycles. The molecule has 1 nitrogen and oxygen atoms in total. The zero-order valence-electron chi connectivity index (χ0n) is 8.64. The minimum atomic E-state index is -0.163. The first kappa shape index (κ1) is 9.55. The summed E-state index contributed by atoms with van der Waals surface area (Å²) < 4.78 is 0. The van der Waals surface area contributed by atoms with E-state index >= 15 is 0 Å². The van der Waals surface area contributed by atoms with Crippen LogP contribution in [0.5, 0.6) is 0 Å². The van der Waals surface area contributed by atoms with Crippen molar-refractivity contribution in [1.82, 2.24) is 0 Å². The summed E-state index contributed by atoms with van der Waals surface area (Å²) in [6.07, 6.45) is 0. The molecule has 78 valence electrons. The first-order valence-corrected chi connectivity index (χ1v) is 6.08. The van der Waals surface area contributed by atoms with Gasteiger partial charge < -0.3 is 0 Å². The van der Waals surface area contributed by atoms with Gasteiger partial charge in [-0.15, -0.1) is 0 Å². The number of carbonyl (C=O) groups is 1. The number of carbonyl (C=O) groups excluding carboxylic acids is 1. The van der Waals surface area contributed by atoms with Gasteiger partial charge in [0.2, 0.25) is 0 Å². The molecular formula is C14H10OS. The summed E-state index contributed by atoms with van der Waals surface area (Å²) in [4.78, 5) is 12.2. The lowest BCUT2D eigenvalue weighted by Crippen LogP contribution is -2.04. The normalized spacial score (nSPS) is 18.9. The van der Waals surface area contributed by atoms with E-state index in [1.807, 2.05) is 41.1 Å². The molecule has 0 N–H and O–H groups in total. The Kier molecular flexibility index (Phi) is 2.04. The van der Waals surface area contributed by atoms with Gasteiger partial charge in [0.1, 0.15) is 0 Å². The molecule has 0 fully saturated rings. The fraction of sp³-hybridized carbons (Fsp3) is 0.0714. The predicted molar refractivity (Wildman–Crippen MR) is 66.9 cm³/mol. The smallest absolute Gasteiger partial charge is 0.175 e. The number of thiophene rings is 1. The minimum absolute atomic E-state index is 0.163. The highest BCUT2D eigenvalue weighted by molar-refractivity contribution is 7.08. The number of hydrogen-bond donors (Lipinski definition) is 0. The van der Waals surface area contributed by atoms with E-state index in [0.717, 1.165) is 22.3 Å². The second kappa shape index (κ2) is 3.42. The minimum Gasteiger partial charge on any atom is -0.293 e. The Morgan fingerprint density at radius 2 is 1.88 bits per heavy atom. The van der Waals surface area contributed by atoms with Gasteiger partial charge in [0.25, 0.3) is 0 Å². The average Bonchev–Trinajstić information content (AvgIpc) is 2.89. The third-order valence-corrected chi connectivity index (χ3v) is 3.73. The summed E-state index contributed by atoms with van der Waals surface area (Å²) in [5.41, 5.74) is 3.81. The number of ketones is 1. The molecule has 3 rings (SSSR count). The van der Waals surface area contributed by atoms with Crippen LogP contribution in [0.1, 0.15) is 27.4 Å². The third-order valence-electron chi connectivity index (χ3n) is 3.03. The summed E-state index contributed by atoms with van der Waals surface area (Å²) >= 11 is 1.62. The van der Waals surface area contributed by atoms with E-state index in [2.05, 4.69) is 6.58 Å². The third kappa shape index (κ3) is 1.20. The molecule has 0 radical (unpaired) electrons. The first-order valence-electron chi connectivity index (χ1n) is 5.13. The fourth-order valence-corrected chi connectivity index (χ4v) is 2.93. The SMILES string of the molecule is C=C1c2ccccc2C(=O)C1c1ccsc1. The van der Waals surface area contributed by atoms with E-state index in [-0.39, 0.29) is 11.7 Å². The van der Waals surface area contributed by atoms with Crippen LogP contribution < -0.4 is 0 Å². The molecule has 0 spiro atoms. The van der Waals surface area contributed by atoms with Crippen molar-refractivity contribution >= 4 is 22.7 Å². The summed E-state index contributed by atoms with van der Waals surface area (Å²) in [7, 11) is 0. The van der Waals surface area contributed by atoms with E-state index in [1.54, 1.807) is 11.3 Å². The van der Waals surface area contributed by atoms with Gasteiger partial charge in [-0.25, -0.2) is 0 Å². The van der Waals surface area contributed by atoms with Gasteiger partial charge in [0.05, 0.1) is 5.92 Å². The molecule has 1 aliphatic rings. The molecule has 1 unspecified atom stereocenters. The highest BCUT2D eigenvalue weighted by Gasteiger charge is 2.34. The molecular weight excluding hydrogens is 216 g/mol. The first-order chi connectivity index (χ1) is 7.79. The Morgan fingerprint density at radius 3 is 2.50 bits per heavy atom. The predicted octanol–water partition coefficient (Wildman–Crippen LogP) is 3.74. The van der Waals surface area contributed by atoms with Gasteiger partial charge in [-0.05, 0) is 33.5 Å². The van der Waals surface area contributed by atoms with Gasteiger partial charge in [-0.2, -0.15) is 11.3 Å². The molecule has 0 bridgehead atoms. The summed E-state index contributed by atoms with van der Waals surface area (Å²) in [5, 5.41) is 4.03. The van der Waals surface area contributed by atoms with Crippen molar-refractivity contribution in [2.45, 2.75) is 5.92 Å². The lowest BCUT2D eigenvalue weighted by atomic mass is 9.94. The Hall–Kier alpha value is -1.67. The zero-order chi connectivity index (χ0) is 11.1. The molecule has 0 aliphatic heterocycles. The van der Waals surface area contributed by atoms with Crippen molar-refractivity contribution in [2.24, 2.45) is 0 Å². The van der Waals surface area contributed by atoms with Crippen molar-refractivity contribution in [2.75, 3.05) is 0 Å². The largest absolute Gasteiger partial charge is 0.293 e. The molecule has 1 aromatic heterocycles. The maximum atomic E-state index is 12.2. The second-order valence-electron chi connectivity index (χ2n) is 3.92. The van der Waals surface area contributed by atoms with Gasteiger partial charge in [-0.3, -0.25) is 4.79 Å². The highest BCUT2D eigenvalue weighted by atomic mass is 32.1. The van der Waals surface area contributed by atoms with Crippen LogP contribution in [0.25, 0.3) is 5.57 Å². The number of Topliss-reactive ketones (excluding diaryl/α,β-unsaturated/α-hetero) is 1. The van der Waals surface area contributed by atoms with E-state index in [0.29, 0.717) is 0 Å². The van der Waals surface area contributed by atoms with Crippen LogP contribution in [0.3, 0.4) is 0 Å². The van der Waals surface area contributed by atoms with Crippen LogP contribution in [0.2, 0.25) is 0 Å². The number of allylic oxidation sites excluding steroid dienone is 1. The van der Waals surface area contributed by atoms with Crippen LogP contribution in [-0.2, 0) is 0 Å². The van der Waals surface area contributed by atoms with E-state index in [4.69, 9.17) is 0 Å². The van der Waals surface area contributed by atoms with Crippen molar-refractivity contribution < 1.29 is 4.79 Å². The van der Waals surface area contributed by atoms with E-state index in [9.17, 15) is 4.79 Å². The lowest BCUT2D eigenvalue weighted by molar-refractivity contribution is 0.0987. The molecule has 16 heavy (non-hydrogen) atoms. The molecule has 2 heteroatoms. The second-order valence-corrected chi connectivity index (χ2v) is 4.70. The van der Waals surface area contributed by atoms with E-state index in [1.165, 1.54) is 0 Å². The standard InChI is InChI=1S/C14H10OS/c1-9-11-4-2-3-5-12(11)14(15)13(9)10-6-7-16-8-10/h2-8,13H,1H2. The topological polar surface area (TPSA) is 17.1 Å². The molecule has 1 aromatic carbocycles. The van der Waals surface area contributed by atoms with Crippen LogP contribution in [0.4, 0.5) is 0 Å². The van der Waals surface area contributed by atoms with Crippen molar-refractivity contribution in [1.29, 1.82) is 0 Å². The van der Waals surface area contributed by atoms with Gasteiger partial charge in [-0.1, -0.05) is 30.8 Å². The number of rotatable bonds is 1. The molecule has 0 saturated heterocycles. The monoisotopic (exact) mass is 226 g/mol. The summed E-state index contributed by atoms with van der Waals surface area (Å²) in [5.74, 6) is 0.0163. The zero-order valence-corrected chi connectivity index (χ0v) is 9.46. The molecule has 2 aromatic rings. The van der Waals surface area contributed by atoms with Crippen molar-refractivity contribution in [3.05, 3.63) is 64.4 Å². The van der Waals surface area contributed by atoms with Gasteiger partial charge in [0.15, 0.2) is 5.78 Å². The van der Waals surface area contributed by atoms with Crippen LogP contribution in [0.15, 0.2) is 47.7 Å². The highest BCUT2D eigenvalue weighted by Crippen LogP contribution is 2.42. The van der Waals surface area contributed by atoms with E-state index < -0.39 is 0 Å². The lowest BCUT2D eigenvalue weighted by Gasteiger charge is -2.07. The summed E-state index contributed by atoms with van der Waals surface area (Å²) in [6.45, 7) is 4.07. The summed E-state index contributed by atoms with van der Waals surface area (Å²) in [6, 6.07) is 9.72. The Bertz CT molecular complexity index is 531. The Labute approximate surface area is 98.1 Å². The van der Waals surface area contributed by atoms with Crippen LogP contribution in [-0.4, -0.2) is 5.78 Å². The fourth-order valence-electron chi connectivity index (χ4n) is 2.24. The van der Waals surface area contributed by atoms with Crippen molar-refractivity contribution in [3.8, 4) is 0 Å². The Morgan fingerprint density at radius 1 is 1.12 bits per heavy atom. The molecule has 1 atom stereocenters. The van der Waals surface area contributed by atoms with Crippen molar-refractivity contribution in [3.63, 3.8) is 0 Å². The molecule has 0 amide bonds. The molecule has 1 heterocycles. The van der Waals surface area contributed by atoms with Gasteiger partial charge in [0, 0.05) is 5.56 Å². The van der Waals surface area contributed by atoms with Crippen LogP contribution >= 0.6 is 11.3 Å². The quantitative estimate of drug-likeness (QED) is 0.724. The number of hydrogen-bond acceptors (Lipinski definition) is 2. The average molecular weight is 226 g/mol.